The van der Waals surface area contributed by atoms with Crippen molar-refractivity contribution in [2.75, 3.05) is 0 Å². The third kappa shape index (κ3) is 5.25. The largest absolute Gasteiger partial charge is 0.393 e. The smallest absolute Gasteiger partial charge is 0.223 e. The molecule has 0 radical (unpaired) electrons. The Bertz CT molecular complexity index is 1730. The number of aromatic nitrogens is 1. The molecule has 2 heterocycles. The van der Waals surface area contributed by atoms with Gasteiger partial charge in [-0.3, -0.25) is 0 Å². The highest BCUT2D eigenvalue weighted by Gasteiger charge is 2.24. The second-order valence-electron chi connectivity index (χ2n) is 11.1. The molecule has 0 amide bonds. The van der Waals surface area contributed by atoms with Gasteiger partial charge in [-0.1, -0.05) is 67.3 Å². The average Bonchev–Trinajstić information content (AvgIpc) is 3.73. The van der Waals surface area contributed by atoms with Crippen molar-refractivity contribution in [3.05, 3.63) is 165 Å². The van der Waals surface area contributed by atoms with E-state index in [9.17, 15) is 0 Å². The monoisotopic (exact) mass is 534 g/mol. The Kier molecular flexibility index (Phi) is 7.99. The fourth-order valence-electron chi connectivity index (χ4n) is 6.40. The summed E-state index contributed by atoms with van der Waals surface area (Å²) in [6, 6.07) is 9.08. The van der Waals surface area contributed by atoms with Crippen LogP contribution in [0.25, 0.3) is 11.1 Å². The second kappa shape index (κ2) is 11.6. The third-order valence-corrected chi connectivity index (χ3v) is 8.20. The summed E-state index contributed by atoms with van der Waals surface area (Å²) < 4.78 is 2.34. The molecule has 0 saturated heterocycles. The summed E-state index contributed by atoms with van der Waals surface area (Å²) in [7, 11) is 2.18. The van der Waals surface area contributed by atoms with E-state index in [1.807, 2.05) is 12.2 Å². The van der Waals surface area contributed by atoms with Gasteiger partial charge in [0.2, 0.25) is 7.98 Å². The van der Waals surface area contributed by atoms with Crippen molar-refractivity contribution in [2.24, 2.45) is 4.99 Å². The zero-order valence-electron chi connectivity index (χ0n) is 25.3. The zero-order valence-corrected chi connectivity index (χ0v) is 25.3. The first-order valence-electron chi connectivity index (χ1n) is 14.4. The van der Waals surface area contributed by atoms with Gasteiger partial charge >= 0.3 is 0 Å². The van der Waals surface area contributed by atoms with Crippen LogP contribution in [0.5, 0.6) is 0 Å². The molecule has 1 aromatic heterocycles. The lowest BCUT2D eigenvalue weighted by molar-refractivity contribution is 1.14. The number of rotatable bonds is 8. The first kappa shape index (κ1) is 28.2. The topological polar surface area (TPSA) is 17.3 Å². The highest BCUT2D eigenvalue weighted by atomic mass is 14.9. The lowest BCUT2D eigenvalue weighted by Gasteiger charge is -2.19. The molecule has 41 heavy (non-hydrogen) atoms. The van der Waals surface area contributed by atoms with Gasteiger partial charge in [0, 0.05) is 29.8 Å². The molecule has 2 aromatic rings. The van der Waals surface area contributed by atoms with Gasteiger partial charge in [0.25, 0.3) is 0 Å². The molecule has 2 nitrogen and oxygen atoms in total. The van der Waals surface area contributed by atoms with Crippen molar-refractivity contribution in [1.29, 1.82) is 0 Å². The SMILES string of the molecule is Bn1c(C2=CC(/C=C\C)=C(C=C)C2)ccc1/C(=C1/C=CC(C2=CC(C=C)=C(/C=C\C)C2)=N1)c1c(C)cc(C)cc1C. The van der Waals surface area contributed by atoms with Gasteiger partial charge in [-0.05, 0) is 121 Å². The van der Waals surface area contributed by atoms with E-state index in [1.54, 1.807) is 0 Å². The highest BCUT2D eigenvalue weighted by molar-refractivity contribution is 6.14. The molecule has 1 aliphatic heterocycles. The molecule has 1 aromatic carbocycles. The summed E-state index contributed by atoms with van der Waals surface area (Å²) in [5.74, 6) is 0. The van der Waals surface area contributed by atoms with E-state index in [2.05, 4.69) is 133 Å². The summed E-state index contributed by atoms with van der Waals surface area (Å²) >= 11 is 0. The summed E-state index contributed by atoms with van der Waals surface area (Å²) in [5.41, 5.74) is 18.2. The number of hydrogen-bond acceptors (Lipinski definition) is 1. The molecule has 3 aliphatic rings. The van der Waals surface area contributed by atoms with E-state index < -0.39 is 0 Å². The summed E-state index contributed by atoms with van der Waals surface area (Å²) in [6.07, 6.45) is 23.1. The number of benzene rings is 1. The van der Waals surface area contributed by atoms with E-state index in [0.717, 1.165) is 24.3 Å². The molecule has 204 valence electrons. The average molecular weight is 535 g/mol. The molecule has 3 heteroatoms. The first-order chi connectivity index (χ1) is 19.8. The van der Waals surface area contributed by atoms with Crippen LogP contribution in [-0.4, -0.2) is 18.2 Å². The summed E-state index contributed by atoms with van der Waals surface area (Å²) in [6.45, 7) is 18.8. The van der Waals surface area contributed by atoms with Gasteiger partial charge in [-0.25, -0.2) is 4.99 Å². The highest BCUT2D eigenvalue weighted by Crippen LogP contribution is 2.40. The quantitative estimate of drug-likeness (QED) is 0.301. The molecule has 0 bridgehead atoms. The molecule has 0 spiro atoms. The Hall–Kier alpha value is -4.37. The van der Waals surface area contributed by atoms with Crippen molar-refractivity contribution in [3.8, 4) is 0 Å². The number of allylic oxidation sites excluding steroid dienone is 16. The Morgan fingerprint density at radius 2 is 1.54 bits per heavy atom. The Morgan fingerprint density at radius 1 is 0.854 bits per heavy atom. The molecule has 0 N–H and O–H groups in total. The summed E-state index contributed by atoms with van der Waals surface area (Å²) in [4.78, 5) is 5.27. The maximum absolute atomic E-state index is 5.27. The third-order valence-electron chi connectivity index (χ3n) is 8.20. The van der Waals surface area contributed by atoms with Crippen LogP contribution in [-0.2, 0) is 0 Å². The molecule has 0 fully saturated rings. The van der Waals surface area contributed by atoms with Gasteiger partial charge < -0.3 is 4.48 Å². The Balaban J connectivity index is 1.64. The van der Waals surface area contributed by atoms with Crippen LogP contribution in [0.2, 0.25) is 0 Å². The number of aliphatic imine (C=N–C) groups is 1. The standard InChI is InChI=1S/C38H39BN2/c1-8-12-29-22-31(20-27(29)10-3)33-14-15-34(40-33)38(37-25(6)18-24(5)19-26(37)7)36-17-16-35(41(36)39)32-21-28(11-4)30(23-32)13-9-2/h8-20,23H,3-4,21-22,39H2,1-2,5-7H3/b12-8-,13-9-,38-34+. The van der Waals surface area contributed by atoms with Crippen LogP contribution in [0, 0.1) is 20.8 Å². The molecule has 5 rings (SSSR count). The molecule has 0 atom stereocenters. The normalized spacial score (nSPS) is 18.2. The second-order valence-corrected chi connectivity index (χ2v) is 11.1. The maximum atomic E-state index is 5.27. The van der Waals surface area contributed by atoms with E-state index in [0.29, 0.717) is 0 Å². The van der Waals surface area contributed by atoms with Gasteiger partial charge in [-0.2, -0.15) is 0 Å². The fourth-order valence-corrected chi connectivity index (χ4v) is 6.40. The number of nitrogens with zero attached hydrogens (tertiary/aromatic N) is 2. The van der Waals surface area contributed by atoms with Crippen LogP contribution >= 0.6 is 0 Å². The van der Waals surface area contributed by atoms with Crippen LogP contribution in [0.4, 0.5) is 0 Å². The predicted molar refractivity (Wildman–Crippen MR) is 181 cm³/mol. The minimum atomic E-state index is 0.871. The number of hydrogen-bond donors (Lipinski definition) is 0. The van der Waals surface area contributed by atoms with Crippen LogP contribution < -0.4 is 0 Å². The number of aryl methyl sites for hydroxylation is 3. The van der Waals surface area contributed by atoms with Crippen molar-refractivity contribution < 1.29 is 0 Å². The van der Waals surface area contributed by atoms with Crippen molar-refractivity contribution in [2.45, 2.75) is 47.5 Å². The van der Waals surface area contributed by atoms with E-state index in [4.69, 9.17) is 4.99 Å². The molecule has 0 saturated carbocycles. The van der Waals surface area contributed by atoms with Gasteiger partial charge in [0.1, 0.15) is 0 Å². The van der Waals surface area contributed by atoms with Gasteiger partial charge in [-0.15, -0.1) is 0 Å². The molecule has 0 unspecified atom stereocenters. The minimum Gasteiger partial charge on any atom is -0.393 e. The van der Waals surface area contributed by atoms with E-state index >= 15 is 0 Å². The molecular weight excluding hydrogens is 495 g/mol. The van der Waals surface area contributed by atoms with Crippen molar-refractivity contribution in [3.63, 3.8) is 0 Å². The Labute approximate surface area is 246 Å². The molecule has 2 aliphatic carbocycles. The Morgan fingerprint density at radius 3 is 2.20 bits per heavy atom. The van der Waals surface area contributed by atoms with Gasteiger partial charge in [0.05, 0.1) is 11.4 Å². The minimum absolute atomic E-state index is 0.871. The maximum Gasteiger partial charge on any atom is 0.223 e. The predicted octanol–water partition coefficient (Wildman–Crippen LogP) is 8.81. The summed E-state index contributed by atoms with van der Waals surface area (Å²) in [5, 5.41) is 0. The van der Waals surface area contributed by atoms with E-state index in [-0.39, 0.29) is 0 Å². The van der Waals surface area contributed by atoms with Crippen LogP contribution in [0.3, 0.4) is 0 Å². The van der Waals surface area contributed by atoms with Gasteiger partial charge in [0.15, 0.2) is 0 Å². The van der Waals surface area contributed by atoms with E-state index in [1.165, 1.54) is 72.7 Å². The molecular formula is C38H39BN2. The van der Waals surface area contributed by atoms with Crippen molar-refractivity contribution in [1.82, 2.24) is 4.48 Å². The van der Waals surface area contributed by atoms with Crippen LogP contribution in [0.1, 0.15) is 60.3 Å². The van der Waals surface area contributed by atoms with Crippen LogP contribution in [0.15, 0.2) is 137 Å². The van der Waals surface area contributed by atoms with Crippen molar-refractivity contribution >= 4 is 24.8 Å². The zero-order chi connectivity index (χ0) is 29.3. The lowest BCUT2D eigenvalue weighted by Crippen LogP contribution is -2.07. The first-order valence-corrected chi connectivity index (χ1v) is 14.4. The fraction of sp³-hybridized carbons (Fsp3) is 0.184. The lowest BCUT2D eigenvalue weighted by atomic mass is 9.90.